The van der Waals surface area contributed by atoms with Crippen molar-refractivity contribution in [2.75, 3.05) is 0 Å². The molecule has 0 heterocycles. The zero-order chi connectivity index (χ0) is 22.9. The monoisotopic (exact) mass is 427 g/mol. The number of hydrogen-bond donors (Lipinski definition) is 1. The highest BCUT2D eigenvalue weighted by molar-refractivity contribution is 5.87. The van der Waals surface area contributed by atoms with Crippen LogP contribution in [-0.4, -0.2) is 27.9 Å². The average Bonchev–Trinajstić information content (AvgIpc) is 2.82. The van der Waals surface area contributed by atoms with Gasteiger partial charge in [0, 0.05) is 19.0 Å². The minimum absolute atomic E-state index is 0.0382. The number of ketones is 1. The molecule has 0 saturated carbocycles. The van der Waals surface area contributed by atoms with E-state index in [1.165, 1.54) is 0 Å². The Kier molecular flexibility index (Phi) is 8.55. The molecule has 0 aliphatic rings. The average molecular weight is 428 g/mol. The summed E-state index contributed by atoms with van der Waals surface area (Å²) in [6, 6.07) is 30.2. The lowest BCUT2D eigenvalue weighted by atomic mass is 9.87. The zero-order valence-corrected chi connectivity index (χ0v) is 19.0. The summed E-state index contributed by atoms with van der Waals surface area (Å²) in [7, 11) is 0. The number of benzene rings is 3. The van der Waals surface area contributed by atoms with E-state index in [9.17, 15) is 9.90 Å². The van der Waals surface area contributed by atoms with Crippen LogP contribution in [-0.2, 0) is 24.3 Å². The molecule has 3 rings (SSSR count). The third-order valence-corrected chi connectivity index (χ3v) is 5.93. The van der Waals surface area contributed by atoms with Crippen molar-refractivity contribution >= 4 is 5.78 Å². The lowest BCUT2D eigenvalue weighted by Crippen LogP contribution is -2.46. The van der Waals surface area contributed by atoms with Crippen LogP contribution in [0.3, 0.4) is 0 Å². The number of carbonyl (C=O) groups is 1. The number of Topliss-reactive ketones (excluding diaryl/α,β-unsaturated/α-hetero) is 1. The van der Waals surface area contributed by atoms with E-state index in [-0.39, 0.29) is 11.8 Å². The summed E-state index contributed by atoms with van der Waals surface area (Å²) in [5, 5.41) is 10.6. The van der Waals surface area contributed by atoms with Crippen molar-refractivity contribution in [3.63, 3.8) is 0 Å². The maximum absolute atomic E-state index is 13.8. The summed E-state index contributed by atoms with van der Waals surface area (Å²) in [4.78, 5) is 16.0. The van der Waals surface area contributed by atoms with Crippen LogP contribution in [0.5, 0.6) is 0 Å². The Morgan fingerprint density at radius 1 is 0.812 bits per heavy atom. The van der Waals surface area contributed by atoms with Gasteiger partial charge < -0.3 is 5.11 Å². The highest BCUT2D eigenvalue weighted by atomic mass is 16.3. The van der Waals surface area contributed by atoms with Gasteiger partial charge in [0.1, 0.15) is 0 Å². The predicted octanol–water partition coefficient (Wildman–Crippen LogP) is 5.44. The molecule has 0 aromatic heterocycles. The molecule has 3 aromatic carbocycles. The van der Waals surface area contributed by atoms with E-state index in [1.54, 1.807) is 6.92 Å². The van der Waals surface area contributed by atoms with E-state index in [4.69, 9.17) is 0 Å². The Labute approximate surface area is 192 Å². The Bertz CT molecular complexity index is 944. The van der Waals surface area contributed by atoms with Crippen LogP contribution >= 0.6 is 0 Å². The molecular formula is C29H33NO2. The van der Waals surface area contributed by atoms with Crippen LogP contribution in [0, 0.1) is 5.92 Å². The topological polar surface area (TPSA) is 40.5 Å². The van der Waals surface area contributed by atoms with Gasteiger partial charge in [-0.2, -0.15) is 0 Å². The lowest BCUT2D eigenvalue weighted by Gasteiger charge is -2.34. The van der Waals surface area contributed by atoms with Gasteiger partial charge in [0.05, 0.1) is 12.1 Å². The summed E-state index contributed by atoms with van der Waals surface area (Å²) in [6.45, 7) is 8.74. The molecular weight excluding hydrogens is 394 g/mol. The summed E-state index contributed by atoms with van der Waals surface area (Å²) >= 11 is 0. The Morgan fingerprint density at radius 3 is 1.62 bits per heavy atom. The minimum Gasteiger partial charge on any atom is -0.388 e. The summed E-state index contributed by atoms with van der Waals surface area (Å²) in [6.07, 6.45) is -0.261. The number of aliphatic hydroxyl groups excluding tert-OH is 1. The van der Waals surface area contributed by atoms with Gasteiger partial charge in [-0.1, -0.05) is 110 Å². The summed E-state index contributed by atoms with van der Waals surface area (Å²) in [5.74, 6) is -0.494. The molecule has 0 fully saturated rings. The fourth-order valence-electron chi connectivity index (χ4n) is 4.04. The molecule has 3 heteroatoms. The van der Waals surface area contributed by atoms with Crippen molar-refractivity contribution in [3.8, 4) is 0 Å². The summed E-state index contributed by atoms with van der Waals surface area (Å²) < 4.78 is 0. The van der Waals surface area contributed by atoms with E-state index in [1.807, 2.05) is 61.5 Å². The van der Waals surface area contributed by atoms with Gasteiger partial charge >= 0.3 is 0 Å². The largest absolute Gasteiger partial charge is 0.388 e. The summed E-state index contributed by atoms with van der Waals surface area (Å²) in [5.41, 5.74) is 4.03. The van der Waals surface area contributed by atoms with Crippen LogP contribution in [0.25, 0.3) is 0 Å². The van der Waals surface area contributed by atoms with Gasteiger partial charge in [0.15, 0.2) is 5.78 Å². The first-order chi connectivity index (χ1) is 15.5. The Hall–Kier alpha value is -3.01. The van der Waals surface area contributed by atoms with E-state index in [0.717, 1.165) is 16.7 Å². The maximum Gasteiger partial charge on any atom is 0.156 e. The first-order valence-corrected chi connectivity index (χ1v) is 11.2. The molecule has 1 N–H and O–H groups in total. The standard InChI is InChI=1S/C29H33NO2/c1-22(2)28(31)23(3)29(32)27(19-24-13-7-4-8-14-24)30(20-25-15-9-5-10-16-25)21-26-17-11-6-12-18-26/h4-18,23,27-28,31H,1,19-21H2,2-3H3/t23-,27-,28-/m0/s1. The number of hydrogen-bond acceptors (Lipinski definition) is 3. The van der Waals surface area contributed by atoms with Crippen LogP contribution in [0.1, 0.15) is 30.5 Å². The fourth-order valence-corrected chi connectivity index (χ4v) is 4.04. The normalized spacial score (nSPS) is 14.0. The van der Waals surface area contributed by atoms with Crippen molar-refractivity contribution in [1.29, 1.82) is 0 Å². The predicted molar refractivity (Wildman–Crippen MR) is 131 cm³/mol. The van der Waals surface area contributed by atoms with E-state index in [0.29, 0.717) is 25.1 Å². The van der Waals surface area contributed by atoms with E-state index in [2.05, 4.69) is 47.9 Å². The lowest BCUT2D eigenvalue weighted by molar-refractivity contribution is -0.131. The molecule has 166 valence electrons. The first kappa shape index (κ1) is 23.6. The second kappa shape index (κ2) is 11.6. The van der Waals surface area contributed by atoms with Gasteiger partial charge in [-0.15, -0.1) is 0 Å². The fraction of sp³-hybridized carbons (Fsp3) is 0.276. The first-order valence-electron chi connectivity index (χ1n) is 11.2. The van der Waals surface area contributed by atoms with Crippen LogP contribution < -0.4 is 0 Å². The molecule has 0 aliphatic carbocycles. The molecule has 0 spiro atoms. The molecule has 0 saturated heterocycles. The number of aliphatic hydroxyl groups is 1. The van der Waals surface area contributed by atoms with Crippen molar-refractivity contribution in [2.45, 2.75) is 45.5 Å². The minimum atomic E-state index is -0.851. The molecule has 3 aromatic rings. The zero-order valence-electron chi connectivity index (χ0n) is 19.0. The smallest absolute Gasteiger partial charge is 0.156 e. The van der Waals surface area contributed by atoms with Crippen LogP contribution in [0.2, 0.25) is 0 Å². The third-order valence-electron chi connectivity index (χ3n) is 5.93. The Morgan fingerprint density at radius 2 is 1.22 bits per heavy atom. The second-order valence-electron chi connectivity index (χ2n) is 8.56. The highest BCUT2D eigenvalue weighted by Crippen LogP contribution is 2.23. The molecule has 0 radical (unpaired) electrons. The van der Waals surface area contributed by atoms with Crippen molar-refractivity contribution < 1.29 is 9.90 Å². The number of carbonyl (C=O) groups excluding carboxylic acids is 1. The molecule has 0 amide bonds. The van der Waals surface area contributed by atoms with E-state index < -0.39 is 12.0 Å². The molecule has 3 nitrogen and oxygen atoms in total. The quantitative estimate of drug-likeness (QED) is 0.414. The SMILES string of the molecule is C=C(C)[C@H](O)[C@H](C)C(=O)[C@H](Cc1ccccc1)N(Cc1ccccc1)Cc1ccccc1. The molecule has 3 atom stereocenters. The van der Waals surface area contributed by atoms with Gasteiger partial charge in [-0.3, -0.25) is 9.69 Å². The molecule has 0 bridgehead atoms. The molecule has 0 unspecified atom stereocenters. The highest BCUT2D eigenvalue weighted by Gasteiger charge is 2.33. The number of nitrogens with zero attached hydrogens (tertiary/aromatic N) is 1. The van der Waals surface area contributed by atoms with Gasteiger partial charge in [0.25, 0.3) is 0 Å². The maximum atomic E-state index is 13.8. The van der Waals surface area contributed by atoms with Crippen molar-refractivity contribution in [2.24, 2.45) is 5.92 Å². The van der Waals surface area contributed by atoms with Gasteiger partial charge in [0.2, 0.25) is 0 Å². The molecule has 32 heavy (non-hydrogen) atoms. The third kappa shape index (κ3) is 6.49. The molecule has 0 aliphatic heterocycles. The van der Waals surface area contributed by atoms with Gasteiger partial charge in [-0.25, -0.2) is 0 Å². The number of rotatable bonds is 11. The van der Waals surface area contributed by atoms with Crippen LogP contribution in [0.4, 0.5) is 0 Å². The van der Waals surface area contributed by atoms with E-state index >= 15 is 0 Å². The van der Waals surface area contributed by atoms with Crippen LogP contribution in [0.15, 0.2) is 103 Å². The van der Waals surface area contributed by atoms with Crippen molar-refractivity contribution in [1.82, 2.24) is 4.90 Å². The van der Waals surface area contributed by atoms with Crippen molar-refractivity contribution in [3.05, 3.63) is 120 Å². The Balaban J connectivity index is 1.97. The van der Waals surface area contributed by atoms with Gasteiger partial charge in [-0.05, 0) is 30.0 Å². The second-order valence-corrected chi connectivity index (χ2v) is 8.56.